The molecule has 2 fully saturated rings. The summed E-state index contributed by atoms with van der Waals surface area (Å²) in [5.74, 6) is -0.457. The summed E-state index contributed by atoms with van der Waals surface area (Å²) in [6.45, 7) is 3.15. The van der Waals surface area contributed by atoms with Crippen molar-refractivity contribution < 1.29 is 18.7 Å². The van der Waals surface area contributed by atoms with Gasteiger partial charge >= 0.3 is 6.03 Å². The fourth-order valence-electron chi connectivity index (χ4n) is 3.11. The molecule has 1 atom stereocenters. The van der Waals surface area contributed by atoms with Crippen molar-refractivity contribution in [2.75, 3.05) is 32.8 Å². The molecule has 2 saturated heterocycles. The fourth-order valence-corrected chi connectivity index (χ4v) is 3.11. The molecule has 1 unspecified atom stereocenters. The third-order valence-electron chi connectivity index (χ3n) is 4.46. The number of ether oxygens (including phenoxy) is 1. The van der Waals surface area contributed by atoms with Gasteiger partial charge < -0.3 is 19.9 Å². The highest BCUT2D eigenvalue weighted by molar-refractivity contribution is 5.87. The van der Waals surface area contributed by atoms with E-state index in [0.717, 1.165) is 12.0 Å². The fraction of sp³-hybridized carbons (Fsp3) is 0.529. The zero-order chi connectivity index (χ0) is 16.9. The topological polar surface area (TPSA) is 61.9 Å². The molecule has 2 heterocycles. The van der Waals surface area contributed by atoms with E-state index in [9.17, 15) is 14.0 Å². The van der Waals surface area contributed by atoms with Gasteiger partial charge in [-0.2, -0.15) is 0 Å². The Bertz CT molecular complexity index is 593. The number of halogens is 2. The van der Waals surface area contributed by atoms with Gasteiger partial charge in [-0.05, 0) is 30.5 Å². The van der Waals surface area contributed by atoms with E-state index in [1.54, 1.807) is 21.9 Å². The number of hydrogen-bond donors (Lipinski definition) is 1. The summed E-state index contributed by atoms with van der Waals surface area (Å²) >= 11 is 0. The van der Waals surface area contributed by atoms with E-state index in [1.165, 1.54) is 12.1 Å². The van der Waals surface area contributed by atoms with Crippen LogP contribution in [0.1, 0.15) is 18.4 Å². The number of carbonyl (C=O) groups is 2. The quantitative estimate of drug-likeness (QED) is 0.881. The molecule has 2 aliphatic heterocycles. The van der Waals surface area contributed by atoms with E-state index in [-0.39, 0.29) is 30.2 Å². The lowest BCUT2D eigenvalue weighted by molar-refractivity contribution is -0.125. The van der Waals surface area contributed by atoms with Crippen LogP contribution in [0.4, 0.5) is 9.18 Å². The Morgan fingerprint density at radius 2 is 1.84 bits per heavy atom. The van der Waals surface area contributed by atoms with Crippen LogP contribution in [0, 0.1) is 5.82 Å². The standard InChI is InChI=1S/C17H22FN3O3.ClH/c18-14-5-3-13(4-6-14)12-19-16(22)15-2-1-7-21(15)17(23)20-8-10-24-11-9-20;/h3-6,15H,1-2,7-12H2,(H,19,22);1H. The van der Waals surface area contributed by atoms with Crippen molar-refractivity contribution in [2.45, 2.75) is 25.4 Å². The van der Waals surface area contributed by atoms with E-state index in [4.69, 9.17) is 4.74 Å². The van der Waals surface area contributed by atoms with E-state index in [0.29, 0.717) is 45.8 Å². The van der Waals surface area contributed by atoms with Gasteiger partial charge in [0.1, 0.15) is 11.9 Å². The van der Waals surface area contributed by atoms with Crippen LogP contribution >= 0.6 is 12.4 Å². The van der Waals surface area contributed by atoms with Crippen molar-refractivity contribution in [3.8, 4) is 0 Å². The lowest BCUT2D eigenvalue weighted by Crippen LogP contribution is -2.53. The zero-order valence-electron chi connectivity index (χ0n) is 13.9. The minimum atomic E-state index is -0.430. The third-order valence-corrected chi connectivity index (χ3v) is 4.46. The SMILES string of the molecule is Cl.O=C(NCc1ccc(F)cc1)C1CCCN1C(=O)N1CCOCC1. The summed E-state index contributed by atoms with van der Waals surface area (Å²) in [7, 11) is 0. The molecule has 8 heteroatoms. The van der Waals surface area contributed by atoms with Crippen molar-refractivity contribution in [2.24, 2.45) is 0 Å². The predicted molar refractivity (Wildman–Crippen MR) is 93.0 cm³/mol. The van der Waals surface area contributed by atoms with E-state index < -0.39 is 6.04 Å². The van der Waals surface area contributed by atoms with Crippen LogP contribution < -0.4 is 5.32 Å². The van der Waals surface area contributed by atoms with Gasteiger partial charge in [-0.15, -0.1) is 12.4 Å². The molecular weight excluding hydrogens is 349 g/mol. The number of morpholine rings is 1. The van der Waals surface area contributed by atoms with Gasteiger partial charge in [0, 0.05) is 26.2 Å². The first kappa shape index (κ1) is 19.5. The van der Waals surface area contributed by atoms with Crippen molar-refractivity contribution in [3.05, 3.63) is 35.6 Å². The Labute approximate surface area is 152 Å². The van der Waals surface area contributed by atoms with Crippen molar-refractivity contribution in [3.63, 3.8) is 0 Å². The van der Waals surface area contributed by atoms with Gasteiger partial charge in [0.15, 0.2) is 0 Å². The number of benzene rings is 1. The molecule has 3 rings (SSSR count). The molecular formula is C17H23ClFN3O3. The first-order chi connectivity index (χ1) is 11.6. The molecule has 0 spiro atoms. The average Bonchev–Trinajstić information content (AvgIpc) is 3.11. The summed E-state index contributed by atoms with van der Waals surface area (Å²) in [6.07, 6.45) is 1.50. The van der Waals surface area contributed by atoms with Crippen LogP contribution in [0.3, 0.4) is 0 Å². The van der Waals surface area contributed by atoms with Gasteiger partial charge in [0.25, 0.3) is 0 Å². The second-order valence-corrected chi connectivity index (χ2v) is 6.08. The Balaban J connectivity index is 0.00000225. The van der Waals surface area contributed by atoms with Crippen LogP contribution in [0.15, 0.2) is 24.3 Å². The summed E-state index contributed by atoms with van der Waals surface area (Å²) in [5.41, 5.74) is 0.828. The number of hydrogen-bond acceptors (Lipinski definition) is 3. The smallest absolute Gasteiger partial charge is 0.320 e. The molecule has 0 aliphatic carbocycles. The van der Waals surface area contributed by atoms with Gasteiger partial charge in [-0.3, -0.25) is 4.79 Å². The van der Waals surface area contributed by atoms with Crippen LogP contribution in [0.2, 0.25) is 0 Å². The maximum atomic E-state index is 12.9. The Kier molecular flexibility index (Phi) is 7.01. The van der Waals surface area contributed by atoms with Gasteiger partial charge in [-0.1, -0.05) is 12.1 Å². The molecule has 1 aromatic rings. The molecule has 0 bridgehead atoms. The largest absolute Gasteiger partial charge is 0.378 e. The van der Waals surface area contributed by atoms with E-state index in [2.05, 4.69) is 5.32 Å². The molecule has 138 valence electrons. The Hall–Kier alpha value is -1.86. The number of rotatable bonds is 3. The van der Waals surface area contributed by atoms with Gasteiger partial charge in [0.2, 0.25) is 5.91 Å². The molecule has 25 heavy (non-hydrogen) atoms. The highest BCUT2D eigenvalue weighted by atomic mass is 35.5. The maximum absolute atomic E-state index is 12.9. The Morgan fingerprint density at radius 3 is 2.52 bits per heavy atom. The van der Waals surface area contributed by atoms with Gasteiger partial charge in [-0.25, -0.2) is 9.18 Å². The van der Waals surface area contributed by atoms with Crippen molar-refractivity contribution in [1.29, 1.82) is 0 Å². The second-order valence-electron chi connectivity index (χ2n) is 6.08. The molecule has 0 radical (unpaired) electrons. The maximum Gasteiger partial charge on any atom is 0.320 e. The minimum absolute atomic E-state index is 0. The predicted octanol–water partition coefficient (Wildman–Crippen LogP) is 1.78. The van der Waals surface area contributed by atoms with Crippen molar-refractivity contribution >= 4 is 24.3 Å². The van der Waals surface area contributed by atoms with E-state index in [1.807, 2.05) is 0 Å². The number of urea groups is 1. The number of amides is 3. The number of carbonyl (C=O) groups excluding carboxylic acids is 2. The molecule has 1 aromatic carbocycles. The highest BCUT2D eigenvalue weighted by Gasteiger charge is 2.36. The number of nitrogens with zero attached hydrogens (tertiary/aromatic N) is 2. The summed E-state index contributed by atoms with van der Waals surface area (Å²) in [6, 6.07) is 5.50. The van der Waals surface area contributed by atoms with Crippen molar-refractivity contribution in [1.82, 2.24) is 15.1 Å². The second kappa shape index (κ2) is 9.01. The molecule has 0 aromatic heterocycles. The molecule has 0 saturated carbocycles. The van der Waals surface area contributed by atoms with E-state index >= 15 is 0 Å². The highest BCUT2D eigenvalue weighted by Crippen LogP contribution is 2.20. The van der Waals surface area contributed by atoms with Crippen LogP contribution in [-0.4, -0.2) is 60.6 Å². The number of nitrogens with one attached hydrogen (secondary N) is 1. The summed E-state index contributed by atoms with van der Waals surface area (Å²) in [5, 5.41) is 2.85. The molecule has 3 amide bonds. The van der Waals surface area contributed by atoms with Crippen LogP contribution in [-0.2, 0) is 16.1 Å². The number of likely N-dealkylation sites (tertiary alicyclic amines) is 1. The lowest BCUT2D eigenvalue weighted by atomic mass is 10.2. The van der Waals surface area contributed by atoms with Crippen LogP contribution in [0.25, 0.3) is 0 Å². The molecule has 2 aliphatic rings. The average molecular weight is 372 g/mol. The monoisotopic (exact) mass is 371 g/mol. The molecule has 6 nitrogen and oxygen atoms in total. The Morgan fingerprint density at radius 1 is 1.16 bits per heavy atom. The normalized spacial score (nSPS) is 20.1. The first-order valence-corrected chi connectivity index (χ1v) is 8.30. The lowest BCUT2D eigenvalue weighted by Gasteiger charge is -2.33. The zero-order valence-corrected chi connectivity index (χ0v) is 14.8. The summed E-state index contributed by atoms with van der Waals surface area (Å²) < 4.78 is 18.2. The van der Waals surface area contributed by atoms with Crippen LogP contribution in [0.5, 0.6) is 0 Å². The summed E-state index contributed by atoms with van der Waals surface area (Å²) in [4.78, 5) is 28.5. The minimum Gasteiger partial charge on any atom is -0.378 e. The molecule has 1 N–H and O–H groups in total. The first-order valence-electron chi connectivity index (χ1n) is 8.30. The third kappa shape index (κ3) is 4.83. The van der Waals surface area contributed by atoms with Gasteiger partial charge in [0.05, 0.1) is 13.2 Å².